The van der Waals surface area contributed by atoms with Crippen LogP contribution in [0.3, 0.4) is 0 Å². The molecule has 4 heteroatoms. The van der Waals surface area contributed by atoms with E-state index in [-0.39, 0.29) is 0 Å². The van der Waals surface area contributed by atoms with Crippen LogP contribution in [0.15, 0.2) is 66.7 Å². The number of rotatable bonds is 5. The Morgan fingerprint density at radius 1 is 1.12 bits per heavy atom. The largest absolute Gasteiger partial charge is 0.346 e. The maximum atomic E-state index is 13.4. The molecule has 3 nitrogen and oxygen atoms in total. The van der Waals surface area contributed by atoms with Gasteiger partial charge in [-0.05, 0) is 43.5 Å². The lowest BCUT2D eigenvalue weighted by atomic mass is 10.0. The topological polar surface area (TPSA) is 41.6 Å². The predicted molar refractivity (Wildman–Crippen MR) is 106 cm³/mol. The van der Waals surface area contributed by atoms with Gasteiger partial charge < -0.3 is 4.98 Å². The molecule has 0 aliphatic rings. The summed E-state index contributed by atoms with van der Waals surface area (Å²) in [5.74, 6) is -0.492. The van der Waals surface area contributed by atoms with Gasteiger partial charge in [0.2, 0.25) is 5.95 Å². The summed E-state index contributed by atoms with van der Waals surface area (Å²) in [5, 5.41) is 1.02. The predicted octanol–water partition coefficient (Wildman–Crippen LogP) is 6.08. The Balaban J connectivity index is 1.95. The lowest BCUT2D eigenvalue weighted by Crippen LogP contribution is -1.86. The molecule has 0 radical (unpaired) electrons. The number of halogens is 1. The van der Waals surface area contributed by atoms with Gasteiger partial charge >= 0.3 is 0 Å². The molecule has 0 aliphatic carbocycles. The van der Waals surface area contributed by atoms with E-state index in [1.54, 1.807) is 12.3 Å². The molecule has 0 fully saturated rings. The summed E-state index contributed by atoms with van der Waals surface area (Å²) < 4.78 is 13.4. The van der Waals surface area contributed by atoms with Crippen molar-refractivity contribution in [3.05, 3.63) is 78.2 Å². The summed E-state index contributed by atoms with van der Waals surface area (Å²) in [4.78, 5) is 11.3. The molecule has 3 aromatic heterocycles. The molecule has 0 atom stereocenters. The smallest absolute Gasteiger partial charge is 0.213 e. The third-order valence-corrected chi connectivity index (χ3v) is 4.41. The van der Waals surface area contributed by atoms with Gasteiger partial charge in [0.05, 0.1) is 0 Å². The number of nitrogens with zero attached hydrogens (tertiary/aromatic N) is 2. The average Bonchev–Trinajstić information content (AvgIpc) is 3.08. The number of H-pyrrole nitrogens is 1. The zero-order chi connectivity index (χ0) is 18.5. The second-order valence-corrected chi connectivity index (χ2v) is 6.29. The second kappa shape index (κ2) is 7.91. The van der Waals surface area contributed by atoms with Crippen LogP contribution in [-0.4, -0.2) is 15.0 Å². The Morgan fingerprint density at radius 3 is 2.69 bits per heavy atom. The van der Waals surface area contributed by atoms with Crippen molar-refractivity contribution in [3.8, 4) is 11.1 Å². The average molecular weight is 347 g/mol. The Hall–Kier alpha value is -3.01. The van der Waals surface area contributed by atoms with Gasteiger partial charge in [0, 0.05) is 41.2 Å². The zero-order valence-electron chi connectivity index (χ0n) is 15.3. The maximum Gasteiger partial charge on any atom is 0.213 e. The van der Waals surface area contributed by atoms with E-state index in [2.05, 4.69) is 54.0 Å². The highest BCUT2D eigenvalue weighted by atomic mass is 19.1. The van der Waals surface area contributed by atoms with Crippen LogP contribution in [0.5, 0.6) is 0 Å². The first-order valence-corrected chi connectivity index (χ1v) is 8.68. The first kappa shape index (κ1) is 17.8. The Bertz CT molecular complexity index is 1010. The Labute approximate surface area is 153 Å². The van der Waals surface area contributed by atoms with Crippen molar-refractivity contribution in [2.75, 3.05) is 0 Å². The zero-order valence-corrected chi connectivity index (χ0v) is 15.3. The molecule has 26 heavy (non-hydrogen) atoms. The first-order chi connectivity index (χ1) is 12.6. The van der Waals surface area contributed by atoms with E-state index in [4.69, 9.17) is 0 Å². The summed E-state index contributed by atoms with van der Waals surface area (Å²) in [6, 6.07) is 5.24. The second-order valence-electron chi connectivity index (χ2n) is 6.29. The number of nitrogens with one attached hydrogen (secondary N) is 1. The maximum absolute atomic E-state index is 13.4. The summed E-state index contributed by atoms with van der Waals surface area (Å²) in [5.41, 5.74) is 6.01. The van der Waals surface area contributed by atoms with Crippen LogP contribution in [0.2, 0.25) is 0 Å². The van der Waals surface area contributed by atoms with Crippen LogP contribution in [0.4, 0.5) is 4.39 Å². The van der Waals surface area contributed by atoms with Crippen molar-refractivity contribution in [2.45, 2.75) is 27.2 Å². The number of hydrogen-bond acceptors (Lipinski definition) is 2. The van der Waals surface area contributed by atoms with Gasteiger partial charge in [-0.25, -0.2) is 9.97 Å². The molecule has 0 amide bonds. The van der Waals surface area contributed by atoms with Crippen molar-refractivity contribution in [3.63, 3.8) is 0 Å². The SMILES string of the molecule is CC/C(C)=C/C=C\C=C(/C)c1c[nH]c2ncc(-c3ccnc(F)c3)cc12. The molecule has 3 rings (SSSR count). The van der Waals surface area contributed by atoms with Gasteiger partial charge in [-0.15, -0.1) is 0 Å². The quantitative estimate of drug-likeness (QED) is 0.449. The van der Waals surface area contributed by atoms with Crippen LogP contribution in [0.1, 0.15) is 32.8 Å². The Morgan fingerprint density at radius 2 is 1.92 bits per heavy atom. The number of aromatic amines is 1. The van der Waals surface area contributed by atoms with Crippen LogP contribution in [0, 0.1) is 5.95 Å². The van der Waals surface area contributed by atoms with Crippen LogP contribution in [0.25, 0.3) is 27.7 Å². The fourth-order valence-corrected chi connectivity index (χ4v) is 2.70. The molecule has 0 aliphatic heterocycles. The molecule has 0 unspecified atom stereocenters. The van der Waals surface area contributed by atoms with E-state index < -0.39 is 5.95 Å². The molecule has 0 bridgehead atoms. The highest BCUT2D eigenvalue weighted by Crippen LogP contribution is 2.28. The van der Waals surface area contributed by atoms with E-state index in [1.807, 2.05) is 18.3 Å². The number of hydrogen-bond donors (Lipinski definition) is 1. The van der Waals surface area contributed by atoms with E-state index in [0.29, 0.717) is 0 Å². The number of fused-ring (bicyclic) bond motifs is 1. The van der Waals surface area contributed by atoms with Gasteiger partial charge in [0.1, 0.15) is 5.65 Å². The summed E-state index contributed by atoms with van der Waals surface area (Å²) >= 11 is 0. The molecule has 0 spiro atoms. The van der Waals surface area contributed by atoms with E-state index >= 15 is 0 Å². The molecule has 1 N–H and O–H groups in total. The van der Waals surface area contributed by atoms with E-state index in [9.17, 15) is 4.39 Å². The highest BCUT2D eigenvalue weighted by molar-refractivity contribution is 5.92. The third kappa shape index (κ3) is 3.97. The van der Waals surface area contributed by atoms with Crippen LogP contribution < -0.4 is 0 Å². The van der Waals surface area contributed by atoms with Gasteiger partial charge in [-0.3, -0.25) is 0 Å². The van der Waals surface area contributed by atoms with Gasteiger partial charge in [0.25, 0.3) is 0 Å². The number of pyridine rings is 2. The minimum absolute atomic E-state index is 0.492. The minimum atomic E-state index is -0.492. The number of allylic oxidation sites excluding steroid dienone is 6. The van der Waals surface area contributed by atoms with Crippen molar-refractivity contribution in [2.24, 2.45) is 0 Å². The van der Waals surface area contributed by atoms with E-state index in [1.165, 1.54) is 17.8 Å². The molecule has 0 saturated heterocycles. The fourth-order valence-electron chi connectivity index (χ4n) is 2.70. The monoisotopic (exact) mass is 347 g/mol. The standard InChI is InChI=1S/C22H22FN3/c1-4-15(2)7-5-6-8-16(3)20-14-26-22-19(20)11-18(13-25-22)17-9-10-24-21(23)12-17/h5-14H,4H2,1-3H3,(H,25,26)/b6-5-,15-7+,16-8+. The summed E-state index contributed by atoms with van der Waals surface area (Å²) in [7, 11) is 0. The van der Waals surface area contributed by atoms with Crippen molar-refractivity contribution in [1.82, 2.24) is 15.0 Å². The van der Waals surface area contributed by atoms with Crippen molar-refractivity contribution < 1.29 is 4.39 Å². The van der Waals surface area contributed by atoms with Crippen LogP contribution >= 0.6 is 0 Å². The highest BCUT2D eigenvalue weighted by Gasteiger charge is 2.09. The third-order valence-electron chi connectivity index (χ3n) is 4.41. The summed E-state index contributed by atoms with van der Waals surface area (Å²) in [6.45, 7) is 6.34. The molecular formula is C22H22FN3. The molecular weight excluding hydrogens is 325 g/mol. The molecule has 3 heterocycles. The molecule has 3 aromatic rings. The normalized spacial score (nSPS) is 13.1. The minimum Gasteiger partial charge on any atom is -0.346 e. The Kier molecular flexibility index (Phi) is 5.42. The molecule has 0 aromatic carbocycles. The molecule has 132 valence electrons. The first-order valence-electron chi connectivity index (χ1n) is 8.68. The fraction of sp³-hybridized carbons (Fsp3) is 0.182. The van der Waals surface area contributed by atoms with Crippen molar-refractivity contribution >= 4 is 16.6 Å². The van der Waals surface area contributed by atoms with Gasteiger partial charge in [0.15, 0.2) is 0 Å². The lowest BCUT2D eigenvalue weighted by Gasteiger charge is -2.03. The van der Waals surface area contributed by atoms with Gasteiger partial charge in [-0.1, -0.05) is 36.8 Å². The summed E-state index contributed by atoms with van der Waals surface area (Å²) in [6.07, 6.45) is 14.5. The van der Waals surface area contributed by atoms with Gasteiger partial charge in [-0.2, -0.15) is 4.39 Å². The number of aromatic nitrogens is 3. The van der Waals surface area contributed by atoms with Crippen LogP contribution in [-0.2, 0) is 0 Å². The van der Waals surface area contributed by atoms with E-state index in [0.717, 1.165) is 39.7 Å². The van der Waals surface area contributed by atoms with Crippen molar-refractivity contribution in [1.29, 1.82) is 0 Å². The molecule has 0 saturated carbocycles. The lowest BCUT2D eigenvalue weighted by molar-refractivity contribution is 0.584.